The zero-order valence-electron chi connectivity index (χ0n) is 16.4. The Morgan fingerprint density at radius 2 is 1.65 bits per heavy atom. The Kier molecular flexibility index (Phi) is 8.25. The molecule has 1 heterocycles. The van der Waals surface area contributed by atoms with Gasteiger partial charge in [-0.25, -0.2) is 0 Å². The first-order chi connectivity index (χ1) is 14.8. The average Bonchev–Trinajstić information content (AvgIpc) is 3.07. The summed E-state index contributed by atoms with van der Waals surface area (Å²) in [7, 11) is 0. The van der Waals surface area contributed by atoms with Crippen molar-refractivity contribution in [2.45, 2.75) is 19.0 Å². The Bertz CT molecular complexity index is 1050. The van der Waals surface area contributed by atoms with E-state index < -0.39 is 11.9 Å². The molecule has 3 aromatic rings. The maximum absolute atomic E-state index is 12.4. The van der Waals surface area contributed by atoms with E-state index in [9.17, 15) is 9.59 Å². The molecule has 1 atom stereocenters. The number of amides is 2. The number of ether oxygens (including phenoxy) is 1. The minimum Gasteiger partial charge on any atom is -0.484 e. The number of carbonyl (C=O) groups excluding carboxylic acids is 2. The summed E-state index contributed by atoms with van der Waals surface area (Å²) in [5, 5.41) is 2.89. The fraction of sp³-hybridized carbons (Fsp3) is 0.182. The van der Waals surface area contributed by atoms with Crippen LogP contribution in [0.3, 0.4) is 0 Å². The van der Waals surface area contributed by atoms with Crippen molar-refractivity contribution in [2.24, 2.45) is 11.5 Å². The van der Waals surface area contributed by atoms with Crippen LogP contribution in [0.25, 0.3) is 11.1 Å². The van der Waals surface area contributed by atoms with Gasteiger partial charge < -0.3 is 21.5 Å². The maximum Gasteiger partial charge on any atom is 0.255 e. The predicted molar refractivity (Wildman–Crippen MR) is 130 cm³/mol. The van der Waals surface area contributed by atoms with Crippen molar-refractivity contribution >= 4 is 55.0 Å². The molecule has 162 valence electrons. The van der Waals surface area contributed by atoms with Crippen LogP contribution >= 0.6 is 43.2 Å². The largest absolute Gasteiger partial charge is 0.484 e. The molecular formula is C22H21Br2N3O3S. The third kappa shape index (κ3) is 6.90. The zero-order chi connectivity index (χ0) is 22.4. The second kappa shape index (κ2) is 10.9. The molecular weight excluding hydrogens is 546 g/mol. The summed E-state index contributed by atoms with van der Waals surface area (Å²) in [6.07, 6.45) is 0.465. The molecule has 5 N–H and O–H groups in total. The molecule has 0 spiro atoms. The van der Waals surface area contributed by atoms with Crippen LogP contribution in [-0.2, 0) is 22.6 Å². The van der Waals surface area contributed by atoms with Gasteiger partial charge in [0.2, 0.25) is 5.91 Å². The van der Waals surface area contributed by atoms with E-state index in [1.165, 1.54) is 0 Å². The van der Waals surface area contributed by atoms with E-state index in [0.717, 1.165) is 29.8 Å². The first kappa shape index (κ1) is 23.5. The van der Waals surface area contributed by atoms with Crippen molar-refractivity contribution < 1.29 is 14.3 Å². The van der Waals surface area contributed by atoms with Gasteiger partial charge in [0.15, 0.2) is 6.61 Å². The van der Waals surface area contributed by atoms with Crippen molar-refractivity contribution in [3.05, 3.63) is 73.3 Å². The minimum absolute atomic E-state index is 0.147. The molecule has 0 aliphatic heterocycles. The summed E-state index contributed by atoms with van der Waals surface area (Å²) in [5.74, 6) is -0.120. The van der Waals surface area contributed by atoms with Crippen LogP contribution in [-0.4, -0.2) is 24.5 Å². The molecule has 0 bridgehead atoms. The summed E-state index contributed by atoms with van der Waals surface area (Å²) in [6, 6.07) is 16.7. The summed E-state index contributed by atoms with van der Waals surface area (Å²) < 4.78 is 7.24. The van der Waals surface area contributed by atoms with Crippen molar-refractivity contribution in [3.8, 4) is 16.9 Å². The lowest BCUT2D eigenvalue weighted by atomic mass is 10.0. The highest BCUT2D eigenvalue weighted by Gasteiger charge is 2.17. The quantitative estimate of drug-likeness (QED) is 0.364. The number of hydrogen-bond acceptors (Lipinski definition) is 5. The standard InChI is InChI=1S/C22H21Br2N3O3S/c23-19-10-16(21(24)31-19)9-18(25)22(29)27-11-13-1-3-14(4-2-13)15-5-7-17(8-6-15)30-12-20(26)28/h1-8,10,18H,9,11-12,25H2,(H2,26,28)(H,27,29). The summed E-state index contributed by atoms with van der Waals surface area (Å²) >= 11 is 8.48. The maximum atomic E-state index is 12.4. The van der Waals surface area contributed by atoms with Gasteiger partial charge in [0.1, 0.15) is 5.75 Å². The lowest BCUT2D eigenvalue weighted by Gasteiger charge is -2.12. The van der Waals surface area contributed by atoms with Gasteiger partial charge in [-0.3, -0.25) is 9.59 Å². The number of rotatable bonds is 9. The number of primary amides is 1. The monoisotopic (exact) mass is 565 g/mol. The summed E-state index contributed by atoms with van der Waals surface area (Å²) in [4.78, 5) is 23.1. The minimum atomic E-state index is -0.618. The Hall–Kier alpha value is -2.20. The first-order valence-electron chi connectivity index (χ1n) is 9.39. The van der Waals surface area contributed by atoms with E-state index in [-0.39, 0.29) is 12.5 Å². The van der Waals surface area contributed by atoms with E-state index in [1.807, 2.05) is 42.5 Å². The Morgan fingerprint density at radius 1 is 1.03 bits per heavy atom. The van der Waals surface area contributed by atoms with Gasteiger partial charge in [0, 0.05) is 6.54 Å². The molecule has 0 fully saturated rings. The molecule has 1 unspecified atom stereocenters. The molecule has 2 aromatic carbocycles. The van der Waals surface area contributed by atoms with Crippen LogP contribution in [0.1, 0.15) is 11.1 Å². The molecule has 1 aromatic heterocycles. The van der Waals surface area contributed by atoms with Crippen LogP contribution in [0.15, 0.2) is 62.2 Å². The number of benzene rings is 2. The Labute approximate surface area is 201 Å². The zero-order valence-corrected chi connectivity index (χ0v) is 20.4. The van der Waals surface area contributed by atoms with Gasteiger partial charge in [-0.15, -0.1) is 11.3 Å². The summed E-state index contributed by atoms with van der Waals surface area (Å²) in [6.45, 7) is 0.257. The molecule has 2 amide bonds. The summed E-state index contributed by atoms with van der Waals surface area (Å²) in [5.41, 5.74) is 15.2. The van der Waals surface area contributed by atoms with E-state index in [0.29, 0.717) is 18.7 Å². The van der Waals surface area contributed by atoms with Gasteiger partial charge in [-0.1, -0.05) is 36.4 Å². The van der Waals surface area contributed by atoms with Crippen LogP contribution < -0.4 is 21.5 Å². The molecule has 3 rings (SSSR count). The lowest BCUT2D eigenvalue weighted by molar-refractivity contribution is -0.122. The molecule has 0 aliphatic carbocycles. The van der Waals surface area contributed by atoms with Crippen molar-refractivity contribution in [1.82, 2.24) is 5.32 Å². The topological polar surface area (TPSA) is 107 Å². The third-order valence-electron chi connectivity index (χ3n) is 4.49. The molecule has 0 saturated carbocycles. The lowest BCUT2D eigenvalue weighted by Crippen LogP contribution is -2.41. The number of thiophene rings is 1. The van der Waals surface area contributed by atoms with E-state index in [2.05, 4.69) is 37.2 Å². The molecule has 9 heteroatoms. The highest BCUT2D eigenvalue weighted by molar-refractivity contribution is 9.12. The number of carbonyl (C=O) groups is 2. The first-order valence-corrected chi connectivity index (χ1v) is 11.8. The third-order valence-corrected chi connectivity index (χ3v) is 6.96. The van der Waals surface area contributed by atoms with Gasteiger partial charge >= 0.3 is 0 Å². The van der Waals surface area contributed by atoms with Crippen molar-refractivity contribution in [3.63, 3.8) is 0 Å². The fourth-order valence-corrected chi connectivity index (χ4v) is 5.74. The van der Waals surface area contributed by atoms with E-state index in [4.69, 9.17) is 16.2 Å². The number of nitrogens with one attached hydrogen (secondary N) is 1. The molecule has 0 radical (unpaired) electrons. The highest BCUT2D eigenvalue weighted by atomic mass is 79.9. The van der Waals surface area contributed by atoms with Gasteiger partial charge in [-0.2, -0.15) is 0 Å². The highest BCUT2D eigenvalue weighted by Crippen LogP contribution is 2.32. The van der Waals surface area contributed by atoms with Crippen molar-refractivity contribution in [2.75, 3.05) is 6.61 Å². The second-order valence-corrected chi connectivity index (χ2v) is 10.6. The second-order valence-electron chi connectivity index (χ2n) is 6.85. The molecule has 0 aliphatic rings. The van der Waals surface area contributed by atoms with E-state index in [1.54, 1.807) is 23.5 Å². The predicted octanol–water partition coefficient (Wildman–Crippen LogP) is 3.99. The SMILES string of the molecule is NC(=O)COc1ccc(-c2ccc(CNC(=O)C(N)Cc3cc(Br)sc3Br)cc2)cc1. The van der Waals surface area contributed by atoms with Crippen LogP contribution in [0.4, 0.5) is 0 Å². The Morgan fingerprint density at radius 3 is 2.19 bits per heavy atom. The van der Waals surface area contributed by atoms with Crippen LogP contribution in [0.5, 0.6) is 5.75 Å². The van der Waals surface area contributed by atoms with E-state index >= 15 is 0 Å². The van der Waals surface area contributed by atoms with Crippen LogP contribution in [0.2, 0.25) is 0 Å². The number of hydrogen-bond donors (Lipinski definition) is 3. The van der Waals surface area contributed by atoms with Crippen LogP contribution in [0, 0.1) is 0 Å². The van der Waals surface area contributed by atoms with Gasteiger partial charge in [0.25, 0.3) is 5.91 Å². The van der Waals surface area contributed by atoms with Crippen molar-refractivity contribution in [1.29, 1.82) is 0 Å². The Balaban J connectivity index is 1.52. The van der Waals surface area contributed by atoms with Gasteiger partial charge in [0.05, 0.1) is 13.6 Å². The molecule has 6 nitrogen and oxygen atoms in total. The molecule has 0 saturated heterocycles. The fourth-order valence-electron chi connectivity index (χ4n) is 2.88. The molecule has 31 heavy (non-hydrogen) atoms. The van der Waals surface area contributed by atoms with Gasteiger partial charge in [-0.05, 0) is 78.7 Å². The normalized spacial score (nSPS) is 11.7. The number of halogens is 2. The smallest absolute Gasteiger partial charge is 0.255 e. The average molecular weight is 567 g/mol. The number of nitrogens with two attached hydrogens (primary N) is 2.